The average Bonchev–Trinajstić information content (AvgIpc) is 3.02. The Hall–Kier alpha value is -2.62. The zero-order chi connectivity index (χ0) is 29.8. The molecule has 0 atom stereocenters. The van der Waals surface area contributed by atoms with Crippen LogP contribution in [0.1, 0.15) is 153 Å². The lowest BCUT2D eigenvalue weighted by Crippen LogP contribution is -1.97. The van der Waals surface area contributed by atoms with Crippen LogP contribution >= 0.6 is 0 Å². The van der Waals surface area contributed by atoms with Crippen molar-refractivity contribution in [2.24, 2.45) is 10.2 Å². The molecule has 0 spiro atoms. The van der Waals surface area contributed by atoms with Gasteiger partial charge in [-0.25, -0.2) is 0 Å². The number of nitrogens with zero attached hydrogens (tertiary/aromatic N) is 2. The van der Waals surface area contributed by atoms with E-state index in [1.54, 1.807) is 12.4 Å². The molecular formula is C38H60N2O2. The van der Waals surface area contributed by atoms with Gasteiger partial charge in [-0.2, -0.15) is 10.2 Å². The molecule has 0 aromatic heterocycles. The summed E-state index contributed by atoms with van der Waals surface area (Å²) in [7, 11) is 0. The maximum atomic E-state index is 5.91. The first-order valence-corrected chi connectivity index (χ1v) is 17.3. The van der Waals surface area contributed by atoms with Crippen LogP contribution < -0.4 is 9.47 Å². The Kier molecular flexibility index (Phi) is 22.1. The highest BCUT2D eigenvalue weighted by molar-refractivity contribution is 5.82. The van der Waals surface area contributed by atoms with Gasteiger partial charge in [0.1, 0.15) is 11.5 Å². The summed E-state index contributed by atoms with van der Waals surface area (Å²) in [5.74, 6) is 1.84. The molecule has 0 aliphatic carbocycles. The van der Waals surface area contributed by atoms with Crippen molar-refractivity contribution in [2.45, 2.75) is 142 Å². The van der Waals surface area contributed by atoms with Crippen LogP contribution in [0.5, 0.6) is 11.5 Å². The molecule has 0 saturated heterocycles. The average molecular weight is 577 g/mol. The Morgan fingerprint density at radius 2 is 0.690 bits per heavy atom. The van der Waals surface area contributed by atoms with Crippen LogP contribution in [0, 0.1) is 0 Å². The normalized spacial score (nSPS) is 11.6. The smallest absolute Gasteiger partial charge is 0.119 e. The second kappa shape index (κ2) is 26.0. The topological polar surface area (TPSA) is 43.2 Å². The Bertz CT molecular complexity index is 844. The van der Waals surface area contributed by atoms with E-state index in [9.17, 15) is 0 Å². The molecule has 0 unspecified atom stereocenters. The number of benzene rings is 2. The SMILES string of the molecule is CCCCCCCCCCCCOc1ccc(/C=N/N=C/c2ccc(OCCCCCCCCCCCC)cc2)cc1. The van der Waals surface area contributed by atoms with E-state index in [0.717, 1.165) is 48.7 Å². The van der Waals surface area contributed by atoms with E-state index >= 15 is 0 Å². The first-order valence-electron chi connectivity index (χ1n) is 17.3. The highest BCUT2D eigenvalue weighted by atomic mass is 16.5. The van der Waals surface area contributed by atoms with Gasteiger partial charge >= 0.3 is 0 Å². The summed E-state index contributed by atoms with van der Waals surface area (Å²) in [4.78, 5) is 0. The summed E-state index contributed by atoms with van der Waals surface area (Å²) in [5.41, 5.74) is 2.02. The minimum absolute atomic E-state index is 0.789. The highest BCUT2D eigenvalue weighted by Crippen LogP contribution is 2.15. The molecule has 0 aliphatic rings. The van der Waals surface area contributed by atoms with Crippen LogP contribution in [0.25, 0.3) is 0 Å². The zero-order valence-electron chi connectivity index (χ0n) is 27.0. The maximum absolute atomic E-state index is 5.91. The van der Waals surface area contributed by atoms with E-state index in [-0.39, 0.29) is 0 Å². The van der Waals surface area contributed by atoms with E-state index in [0.29, 0.717) is 0 Å². The molecule has 0 bridgehead atoms. The molecule has 2 aromatic carbocycles. The molecule has 0 fully saturated rings. The summed E-state index contributed by atoms with van der Waals surface area (Å²) < 4.78 is 11.8. The molecule has 4 heteroatoms. The van der Waals surface area contributed by atoms with E-state index in [1.807, 2.05) is 48.5 Å². The van der Waals surface area contributed by atoms with E-state index in [1.165, 1.54) is 116 Å². The van der Waals surface area contributed by atoms with Crippen molar-refractivity contribution in [3.05, 3.63) is 59.7 Å². The molecular weight excluding hydrogens is 516 g/mol. The Balaban J connectivity index is 1.50. The van der Waals surface area contributed by atoms with Crippen LogP contribution in [0.15, 0.2) is 58.7 Å². The van der Waals surface area contributed by atoms with Gasteiger partial charge in [0.05, 0.1) is 25.6 Å². The lowest BCUT2D eigenvalue weighted by atomic mass is 10.1. The summed E-state index contributed by atoms with van der Waals surface area (Å²) in [6.07, 6.45) is 30.3. The number of rotatable bonds is 27. The second-order valence-electron chi connectivity index (χ2n) is 11.7. The van der Waals surface area contributed by atoms with Crippen molar-refractivity contribution in [1.29, 1.82) is 0 Å². The summed E-state index contributed by atoms with van der Waals surface area (Å²) in [6, 6.07) is 16.1. The van der Waals surface area contributed by atoms with Crippen molar-refractivity contribution < 1.29 is 9.47 Å². The fourth-order valence-electron chi connectivity index (χ4n) is 5.06. The van der Waals surface area contributed by atoms with Gasteiger partial charge in [-0.1, -0.05) is 129 Å². The first kappa shape index (κ1) is 35.6. The third-order valence-electron chi connectivity index (χ3n) is 7.77. The molecule has 234 valence electrons. The predicted octanol–water partition coefficient (Wildman–Crippen LogP) is 11.7. The number of ether oxygens (including phenoxy) is 2. The Labute approximate surface area is 258 Å². The van der Waals surface area contributed by atoms with Crippen molar-refractivity contribution in [2.75, 3.05) is 13.2 Å². The van der Waals surface area contributed by atoms with Crippen molar-refractivity contribution in [1.82, 2.24) is 0 Å². The van der Waals surface area contributed by atoms with E-state index < -0.39 is 0 Å². The molecule has 2 rings (SSSR count). The zero-order valence-corrected chi connectivity index (χ0v) is 27.0. The van der Waals surface area contributed by atoms with Crippen LogP contribution in [0.3, 0.4) is 0 Å². The van der Waals surface area contributed by atoms with Gasteiger partial charge in [-0.3, -0.25) is 0 Å². The van der Waals surface area contributed by atoms with Gasteiger partial charge in [0.25, 0.3) is 0 Å². The van der Waals surface area contributed by atoms with Gasteiger partial charge in [0.15, 0.2) is 0 Å². The molecule has 0 radical (unpaired) electrons. The first-order chi connectivity index (χ1) is 20.8. The molecule has 4 nitrogen and oxygen atoms in total. The highest BCUT2D eigenvalue weighted by Gasteiger charge is 1.98. The number of hydrogen-bond donors (Lipinski definition) is 0. The van der Waals surface area contributed by atoms with Gasteiger partial charge < -0.3 is 9.47 Å². The molecule has 0 amide bonds. The molecule has 2 aromatic rings. The van der Waals surface area contributed by atoms with E-state index in [4.69, 9.17) is 9.47 Å². The molecule has 0 heterocycles. The summed E-state index contributed by atoms with van der Waals surface area (Å²) in [6.45, 7) is 6.13. The fourth-order valence-corrected chi connectivity index (χ4v) is 5.06. The standard InChI is InChI=1S/C38H60N2O2/c1-3-5-7-9-11-13-15-17-19-21-31-41-37-27-23-35(24-28-37)33-39-40-34-36-25-29-38(30-26-36)42-32-22-20-18-16-14-12-10-8-6-4-2/h23-30,33-34H,3-22,31-32H2,1-2H3/b39-33+,40-34+. The van der Waals surface area contributed by atoms with Crippen molar-refractivity contribution >= 4 is 12.4 Å². The van der Waals surface area contributed by atoms with Crippen LogP contribution in [0.4, 0.5) is 0 Å². The van der Waals surface area contributed by atoms with Gasteiger partial charge in [0, 0.05) is 0 Å². The largest absolute Gasteiger partial charge is 0.494 e. The lowest BCUT2D eigenvalue weighted by molar-refractivity contribution is 0.304. The fraction of sp³-hybridized carbons (Fsp3) is 0.632. The number of unbranched alkanes of at least 4 members (excludes halogenated alkanes) is 18. The quantitative estimate of drug-likeness (QED) is 0.0603. The third-order valence-corrected chi connectivity index (χ3v) is 7.77. The lowest BCUT2D eigenvalue weighted by Gasteiger charge is -2.06. The number of hydrogen-bond acceptors (Lipinski definition) is 4. The predicted molar refractivity (Wildman–Crippen MR) is 183 cm³/mol. The van der Waals surface area contributed by atoms with Gasteiger partial charge in [-0.15, -0.1) is 0 Å². The van der Waals surface area contributed by atoms with Crippen molar-refractivity contribution in [3.8, 4) is 11.5 Å². The van der Waals surface area contributed by atoms with Crippen LogP contribution in [0.2, 0.25) is 0 Å². The maximum Gasteiger partial charge on any atom is 0.119 e. The van der Waals surface area contributed by atoms with Crippen LogP contribution in [-0.2, 0) is 0 Å². The Morgan fingerprint density at radius 3 is 1.00 bits per heavy atom. The van der Waals surface area contributed by atoms with E-state index in [2.05, 4.69) is 24.1 Å². The summed E-state index contributed by atoms with van der Waals surface area (Å²) >= 11 is 0. The monoisotopic (exact) mass is 576 g/mol. The second-order valence-corrected chi connectivity index (χ2v) is 11.7. The van der Waals surface area contributed by atoms with Gasteiger partial charge in [0.2, 0.25) is 0 Å². The molecule has 0 N–H and O–H groups in total. The Morgan fingerprint density at radius 1 is 0.405 bits per heavy atom. The molecule has 0 saturated carbocycles. The van der Waals surface area contributed by atoms with Gasteiger partial charge in [-0.05, 0) is 72.5 Å². The third kappa shape index (κ3) is 19.5. The van der Waals surface area contributed by atoms with Crippen LogP contribution in [-0.4, -0.2) is 25.6 Å². The summed E-state index contributed by atoms with van der Waals surface area (Å²) in [5, 5.41) is 8.41. The molecule has 42 heavy (non-hydrogen) atoms. The minimum Gasteiger partial charge on any atom is -0.494 e. The van der Waals surface area contributed by atoms with Crippen molar-refractivity contribution in [3.63, 3.8) is 0 Å². The minimum atomic E-state index is 0.789. The molecule has 0 aliphatic heterocycles.